The minimum Gasteiger partial charge on any atom is -0.481 e. The predicted octanol–water partition coefficient (Wildman–Crippen LogP) is -0.744. The molecule has 1 unspecified atom stereocenters. The average molecular weight is 190 g/mol. The monoisotopic (exact) mass is 190 g/mol. The van der Waals surface area contributed by atoms with Gasteiger partial charge in [0.1, 0.15) is 0 Å². The van der Waals surface area contributed by atoms with Gasteiger partial charge in [-0.2, -0.15) is 0 Å². The minimum absolute atomic E-state index is 0.661. The zero-order valence-electron chi connectivity index (χ0n) is 6.98. The summed E-state index contributed by atoms with van der Waals surface area (Å²) in [7, 11) is 0. The first-order valence-corrected chi connectivity index (χ1v) is 3.45. The van der Waals surface area contributed by atoms with Crippen LogP contribution in [-0.2, 0) is 14.4 Å². The molecule has 0 saturated carbocycles. The van der Waals surface area contributed by atoms with Gasteiger partial charge in [-0.15, -0.1) is 0 Å². The number of Topliss-reactive ketones (excluding diaryl/α,β-unsaturated/α-hetero) is 1. The van der Waals surface area contributed by atoms with Gasteiger partial charge < -0.3 is 15.3 Å². The van der Waals surface area contributed by atoms with Gasteiger partial charge in [-0.3, -0.25) is 9.59 Å². The van der Waals surface area contributed by atoms with Crippen LogP contribution >= 0.6 is 0 Å². The van der Waals surface area contributed by atoms with Crippen molar-refractivity contribution in [3.05, 3.63) is 0 Å². The summed E-state index contributed by atoms with van der Waals surface area (Å²) in [6.45, 7) is 1.10. The number of carboxylic acids is 2. The van der Waals surface area contributed by atoms with Crippen molar-refractivity contribution < 1.29 is 29.7 Å². The van der Waals surface area contributed by atoms with Crippen molar-refractivity contribution in [2.24, 2.45) is 0 Å². The molecular formula is C7H10O6. The van der Waals surface area contributed by atoms with Crippen molar-refractivity contribution in [1.82, 2.24) is 0 Å². The fraction of sp³-hybridized carbons (Fsp3) is 0.571. The van der Waals surface area contributed by atoms with Crippen LogP contribution in [0.3, 0.4) is 0 Å². The highest BCUT2D eigenvalue weighted by Crippen LogP contribution is 2.14. The Bertz CT molecular complexity index is 241. The smallest absolute Gasteiger partial charge is 0.372 e. The van der Waals surface area contributed by atoms with E-state index in [1.165, 1.54) is 0 Å². The summed E-state index contributed by atoms with van der Waals surface area (Å²) in [6, 6.07) is 0. The van der Waals surface area contributed by atoms with Gasteiger partial charge in [0.05, 0.1) is 12.0 Å². The second kappa shape index (κ2) is 3.99. The molecule has 0 saturated heterocycles. The molecule has 6 heteroatoms. The molecule has 0 aromatic carbocycles. The van der Waals surface area contributed by atoms with Crippen molar-refractivity contribution in [3.63, 3.8) is 0 Å². The van der Waals surface area contributed by atoms with Crippen molar-refractivity contribution in [2.75, 3.05) is 0 Å². The molecule has 0 bridgehead atoms. The maximum absolute atomic E-state index is 10.6. The van der Waals surface area contributed by atoms with E-state index in [4.69, 9.17) is 10.2 Å². The molecule has 13 heavy (non-hydrogen) atoms. The molecule has 0 heterocycles. The van der Waals surface area contributed by atoms with E-state index in [0.29, 0.717) is 0 Å². The summed E-state index contributed by atoms with van der Waals surface area (Å²) >= 11 is 0. The van der Waals surface area contributed by atoms with E-state index in [2.05, 4.69) is 0 Å². The molecule has 6 nitrogen and oxygen atoms in total. The summed E-state index contributed by atoms with van der Waals surface area (Å²) in [5, 5.41) is 25.7. The van der Waals surface area contributed by atoms with Crippen LogP contribution in [0, 0.1) is 0 Å². The van der Waals surface area contributed by atoms with Crippen molar-refractivity contribution in [1.29, 1.82) is 0 Å². The molecule has 3 N–H and O–H groups in total. The van der Waals surface area contributed by atoms with E-state index < -0.39 is 36.2 Å². The molecule has 74 valence electrons. The number of carbonyl (C=O) groups excluding carboxylic acids is 1. The van der Waals surface area contributed by atoms with Crippen LogP contribution in [0.4, 0.5) is 0 Å². The summed E-state index contributed by atoms with van der Waals surface area (Å²) in [4.78, 5) is 30.8. The topological polar surface area (TPSA) is 112 Å². The Morgan fingerprint density at radius 2 is 1.62 bits per heavy atom. The van der Waals surface area contributed by atoms with Gasteiger partial charge in [0.25, 0.3) is 0 Å². The Morgan fingerprint density at radius 1 is 1.15 bits per heavy atom. The highest BCUT2D eigenvalue weighted by atomic mass is 16.4. The van der Waals surface area contributed by atoms with Crippen molar-refractivity contribution in [3.8, 4) is 0 Å². The number of carboxylic acid groups (broad SMARTS) is 2. The second-order valence-corrected chi connectivity index (χ2v) is 2.97. The summed E-state index contributed by atoms with van der Waals surface area (Å²) in [5.74, 6) is -4.17. The van der Waals surface area contributed by atoms with E-state index in [-0.39, 0.29) is 0 Å². The second-order valence-electron chi connectivity index (χ2n) is 2.97. The average Bonchev–Trinajstić information content (AvgIpc) is 1.81. The van der Waals surface area contributed by atoms with E-state index in [1.807, 2.05) is 0 Å². The highest BCUT2D eigenvalue weighted by Gasteiger charge is 2.29. The normalized spacial score (nSPS) is 14.6. The van der Waals surface area contributed by atoms with Gasteiger partial charge >= 0.3 is 11.9 Å². The van der Waals surface area contributed by atoms with E-state index in [1.54, 1.807) is 0 Å². The zero-order valence-corrected chi connectivity index (χ0v) is 6.98. The lowest BCUT2D eigenvalue weighted by Crippen LogP contribution is -2.33. The van der Waals surface area contributed by atoms with Crippen LogP contribution in [-0.4, -0.2) is 38.6 Å². The molecule has 0 radical (unpaired) electrons. The molecule has 0 fully saturated rings. The molecule has 0 aromatic heterocycles. The van der Waals surface area contributed by atoms with E-state index >= 15 is 0 Å². The molecule has 0 amide bonds. The SMILES string of the molecule is CC(O)(CC(=O)O)CC(=O)C(=O)O. The third-order valence-electron chi connectivity index (χ3n) is 1.31. The maximum atomic E-state index is 10.6. The number of aliphatic carboxylic acids is 2. The van der Waals surface area contributed by atoms with Crippen LogP contribution in [0.1, 0.15) is 19.8 Å². The summed E-state index contributed by atoms with van der Waals surface area (Å²) in [5.41, 5.74) is -1.80. The number of hydrogen-bond acceptors (Lipinski definition) is 4. The first kappa shape index (κ1) is 11.6. The Morgan fingerprint density at radius 3 is 1.92 bits per heavy atom. The quantitative estimate of drug-likeness (QED) is 0.492. The summed E-state index contributed by atoms with van der Waals surface area (Å²) in [6.07, 6.45) is -1.36. The Hall–Kier alpha value is -1.43. The van der Waals surface area contributed by atoms with E-state index in [9.17, 15) is 19.5 Å². The lowest BCUT2D eigenvalue weighted by molar-refractivity contribution is -0.153. The molecule has 0 aliphatic carbocycles. The van der Waals surface area contributed by atoms with Crippen LogP contribution in [0.5, 0.6) is 0 Å². The number of aliphatic hydroxyl groups is 1. The van der Waals surface area contributed by atoms with Gasteiger partial charge in [0.15, 0.2) is 0 Å². The molecule has 0 rings (SSSR count). The third-order valence-corrected chi connectivity index (χ3v) is 1.31. The van der Waals surface area contributed by atoms with Crippen molar-refractivity contribution >= 4 is 17.7 Å². The van der Waals surface area contributed by atoms with Gasteiger partial charge in [-0.1, -0.05) is 0 Å². The molecule has 1 atom stereocenters. The van der Waals surface area contributed by atoms with E-state index in [0.717, 1.165) is 6.92 Å². The minimum atomic E-state index is -1.80. The van der Waals surface area contributed by atoms with Crippen molar-refractivity contribution in [2.45, 2.75) is 25.4 Å². The molecule has 0 aromatic rings. The molecule has 0 aliphatic rings. The van der Waals surface area contributed by atoms with Crippen LogP contribution in [0.25, 0.3) is 0 Å². The standard InChI is InChI=1S/C7H10O6/c1-7(13,3-5(9)10)2-4(8)6(11)12/h13H,2-3H2,1H3,(H,9,10)(H,11,12). The van der Waals surface area contributed by atoms with Gasteiger partial charge in [-0.05, 0) is 6.92 Å². The van der Waals surface area contributed by atoms with Crippen LogP contribution in [0.2, 0.25) is 0 Å². The maximum Gasteiger partial charge on any atom is 0.372 e. The van der Waals surface area contributed by atoms with Crippen LogP contribution in [0.15, 0.2) is 0 Å². The summed E-state index contributed by atoms with van der Waals surface area (Å²) < 4.78 is 0. The Kier molecular flexibility index (Phi) is 3.55. The molecule has 0 spiro atoms. The Labute approximate surface area is 73.8 Å². The number of hydrogen-bond donors (Lipinski definition) is 3. The first-order chi connectivity index (χ1) is 5.74. The van der Waals surface area contributed by atoms with Gasteiger partial charge in [0, 0.05) is 6.42 Å². The predicted molar refractivity (Wildman–Crippen MR) is 40.1 cm³/mol. The van der Waals surface area contributed by atoms with Gasteiger partial charge in [-0.25, -0.2) is 4.79 Å². The molecule has 0 aliphatic heterocycles. The van der Waals surface area contributed by atoms with Crippen LogP contribution < -0.4 is 0 Å². The fourth-order valence-corrected chi connectivity index (χ4v) is 0.810. The lowest BCUT2D eigenvalue weighted by Gasteiger charge is -2.18. The zero-order chi connectivity index (χ0) is 10.6. The number of rotatable bonds is 5. The Balaban J connectivity index is 4.24. The first-order valence-electron chi connectivity index (χ1n) is 3.45. The molecular weight excluding hydrogens is 180 g/mol. The fourth-order valence-electron chi connectivity index (χ4n) is 0.810. The largest absolute Gasteiger partial charge is 0.481 e. The number of carbonyl (C=O) groups is 3. The van der Waals surface area contributed by atoms with Gasteiger partial charge in [0.2, 0.25) is 5.78 Å². The lowest BCUT2D eigenvalue weighted by atomic mass is 9.96. The third kappa shape index (κ3) is 4.91. The number of ketones is 1. The highest BCUT2D eigenvalue weighted by molar-refractivity contribution is 6.32.